The molecule has 21 heavy (non-hydrogen) atoms. The molecule has 114 valence electrons. The van der Waals surface area contributed by atoms with Gasteiger partial charge in [0.1, 0.15) is 6.04 Å². The van der Waals surface area contributed by atoms with Gasteiger partial charge in [-0.25, -0.2) is 10.3 Å². The van der Waals surface area contributed by atoms with Gasteiger partial charge in [-0.1, -0.05) is 43.2 Å². The molecule has 6 heteroatoms. The predicted octanol–water partition coefficient (Wildman–Crippen LogP) is 1.56. The molecule has 0 aliphatic carbocycles. The zero-order chi connectivity index (χ0) is 15.1. The van der Waals surface area contributed by atoms with E-state index in [0.29, 0.717) is 13.0 Å². The van der Waals surface area contributed by atoms with Crippen molar-refractivity contribution in [3.8, 4) is 0 Å². The van der Waals surface area contributed by atoms with E-state index < -0.39 is 18.0 Å². The number of hydroxylamine groups is 1. The normalized spacial score (nSPS) is 18.9. The zero-order valence-corrected chi connectivity index (χ0v) is 12.0. The third-order valence-corrected chi connectivity index (χ3v) is 3.58. The molecule has 1 aliphatic heterocycles. The molecule has 0 aromatic heterocycles. The minimum absolute atomic E-state index is 0.279. The summed E-state index contributed by atoms with van der Waals surface area (Å²) in [6.45, 7) is 0.801. The maximum Gasteiger partial charge on any atom is 0.342 e. The number of hydrogen-bond donors (Lipinski definition) is 2. The van der Waals surface area contributed by atoms with E-state index in [-0.39, 0.29) is 6.61 Å². The van der Waals surface area contributed by atoms with Gasteiger partial charge in [-0.05, 0) is 18.4 Å². The summed E-state index contributed by atoms with van der Waals surface area (Å²) >= 11 is 0. The highest BCUT2D eigenvalue weighted by atomic mass is 16.7. The first kappa shape index (κ1) is 15.3. The van der Waals surface area contributed by atoms with Crippen LogP contribution in [-0.4, -0.2) is 29.4 Å². The van der Waals surface area contributed by atoms with Crippen LogP contribution in [-0.2, 0) is 16.2 Å². The summed E-state index contributed by atoms with van der Waals surface area (Å²) in [5.74, 6) is -0.463. The lowest BCUT2D eigenvalue weighted by molar-refractivity contribution is -0.122. The Morgan fingerprint density at radius 3 is 2.71 bits per heavy atom. The van der Waals surface area contributed by atoms with Gasteiger partial charge in [0, 0.05) is 6.54 Å². The van der Waals surface area contributed by atoms with Crippen LogP contribution in [0.25, 0.3) is 0 Å². The molecule has 1 atom stereocenters. The van der Waals surface area contributed by atoms with Crippen LogP contribution in [0.5, 0.6) is 0 Å². The van der Waals surface area contributed by atoms with Crippen molar-refractivity contribution in [1.29, 1.82) is 0 Å². The summed E-state index contributed by atoms with van der Waals surface area (Å²) in [7, 11) is 0. The van der Waals surface area contributed by atoms with Gasteiger partial charge < -0.3 is 10.6 Å². The molecule has 1 aromatic carbocycles. The summed E-state index contributed by atoms with van der Waals surface area (Å²) in [4.78, 5) is 30.3. The first-order chi connectivity index (χ1) is 10.2. The van der Waals surface area contributed by atoms with E-state index in [1.807, 2.05) is 30.3 Å². The lowest BCUT2D eigenvalue weighted by Gasteiger charge is -2.27. The average Bonchev–Trinajstić information content (AvgIpc) is 2.74. The number of urea groups is 1. The second-order valence-corrected chi connectivity index (χ2v) is 5.14. The highest BCUT2D eigenvalue weighted by molar-refractivity contribution is 5.85. The Bertz CT molecular complexity index is 478. The van der Waals surface area contributed by atoms with Crippen LogP contribution in [0.1, 0.15) is 31.2 Å². The standard InChI is InChI=1S/C15H21N3O3/c16-14(19)13-9-5-2-6-10-18(13)15(20)17-21-11-12-7-3-1-4-8-12/h1,3-4,7-8,13H,2,5-6,9-11H2,(H2,16,19)(H,17,20)/t13-/m0/s1. The van der Waals surface area contributed by atoms with E-state index in [1.54, 1.807) is 0 Å². The molecule has 0 saturated carbocycles. The average molecular weight is 291 g/mol. The van der Waals surface area contributed by atoms with Gasteiger partial charge in [0.25, 0.3) is 0 Å². The molecule has 0 unspecified atom stereocenters. The molecular weight excluding hydrogens is 270 g/mol. The molecule has 1 fully saturated rings. The van der Waals surface area contributed by atoms with Crippen molar-refractivity contribution in [2.75, 3.05) is 6.54 Å². The second-order valence-electron chi connectivity index (χ2n) is 5.14. The number of carbonyl (C=O) groups excluding carboxylic acids is 2. The fourth-order valence-corrected chi connectivity index (χ4v) is 2.46. The molecule has 0 radical (unpaired) electrons. The van der Waals surface area contributed by atoms with E-state index >= 15 is 0 Å². The minimum Gasteiger partial charge on any atom is -0.368 e. The summed E-state index contributed by atoms with van der Waals surface area (Å²) < 4.78 is 0. The first-order valence-corrected chi connectivity index (χ1v) is 7.20. The number of hydrogen-bond acceptors (Lipinski definition) is 3. The fraction of sp³-hybridized carbons (Fsp3) is 0.467. The molecule has 0 spiro atoms. The van der Waals surface area contributed by atoms with Crippen molar-refractivity contribution < 1.29 is 14.4 Å². The van der Waals surface area contributed by atoms with Gasteiger partial charge in [-0.2, -0.15) is 0 Å². The van der Waals surface area contributed by atoms with Gasteiger partial charge >= 0.3 is 6.03 Å². The third kappa shape index (κ3) is 4.46. The molecule has 2 rings (SSSR count). The maximum atomic E-state index is 12.1. The number of rotatable bonds is 4. The zero-order valence-electron chi connectivity index (χ0n) is 12.0. The van der Waals surface area contributed by atoms with Crippen LogP contribution in [0, 0.1) is 0 Å². The Balaban J connectivity index is 1.87. The Kier molecular flexibility index (Phi) is 5.57. The molecule has 1 aromatic rings. The van der Waals surface area contributed by atoms with Crippen molar-refractivity contribution in [3.63, 3.8) is 0 Å². The molecule has 0 bridgehead atoms. The van der Waals surface area contributed by atoms with Crippen LogP contribution < -0.4 is 11.2 Å². The SMILES string of the molecule is NC(=O)[C@@H]1CCCCCN1C(=O)NOCc1ccccc1. The number of nitrogens with one attached hydrogen (secondary N) is 1. The van der Waals surface area contributed by atoms with Crippen molar-refractivity contribution in [2.45, 2.75) is 38.3 Å². The van der Waals surface area contributed by atoms with Crippen molar-refractivity contribution >= 4 is 11.9 Å². The monoisotopic (exact) mass is 291 g/mol. The Morgan fingerprint density at radius 2 is 2.00 bits per heavy atom. The van der Waals surface area contributed by atoms with E-state index in [0.717, 1.165) is 24.8 Å². The van der Waals surface area contributed by atoms with Gasteiger partial charge in [-0.3, -0.25) is 9.63 Å². The van der Waals surface area contributed by atoms with E-state index in [9.17, 15) is 9.59 Å². The van der Waals surface area contributed by atoms with Crippen molar-refractivity contribution in [1.82, 2.24) is 10.4 Å². The number of nitrogens with zero attached hydrogens (tertiary/aromatic N) is 1. The largest absolute Gasteiger partial charge is 0.368 e. The lowest BCUT2D eigenvalue weighted by atomic mass is 10.1. The molecule has 1 saturated heterocycles. The van der Waals surface area contributed by atoms with E-state index in [2.05, 4.69) is 5.48 Å². The lowest BCUT2D eigenvalue weighted by Crippen LogP contribution is -2.51. The molecule has 6 nitrogen and oxygen atoms in total. The van der Waals surface area contributed by atoms with Crippen LogP contribution in [0.2, 0.25) is 0 Å². The number of likely N-dealkylation sites (tertiary alicyclic amines) is 1. The maximum absolute atomic E-state index is 12.1. The molecule has 3 amide bonds. The van der Waals surface area contributed by atoms with Crippen LogP contribution in [0.4, 0.5) is 4.79 Å². The fourth-order valence-electron chi connectivity index (χ4n) is 2.46. The van der Waals surface area contributed by atoms with Gasteiger partial charge in [-0.15, -0.1) is 0 Å². The highest BCUT2D eigenvalue weighted by Gasteiger charge is 2.29. The minimum atomic E-state index is -0.548. The van der Waals surface area contributed by atoms with Crippen LogP contribution in [0.15, 0.2) is 30.3 Å². The van der Waals surface area contributed by atoms with E-state index in [1.165, 1.54) is 4.90 Å². The Hall–Kier alpha value is -2.08. The number of benzene rings is 1. The number of carbonyl (C=O) groups is 2. The van der Waals surface area contributed by atoms with Gasteiger partial charge in [0.15, 0.2) is 0 Å². The molecule has 1 aliphatic rings. The van der Waals surface area contributed by atoms with Gasteiger partial charge in [0.05, 0.1) is 6.61 Å². The summed E-state index contributed by atoms with van der Waals surface area (Å²) in [6, 6.07) is 8.58. The van der Waals surface area contributed by atoms with Gasteiger partial charge in [0.2, 0.25) is 5.91 Å². The number of primary amides is 1. The van der Waals surface area contributed by atoms with E-state index in [4.69, 9.17) is 10.6 Å². The Morgan fingerprint density at radius 1 is 1.24 bits per heavy atom. The second kappa shape index (κ2) is 7.64. The molecule has 3 N–H and O–H groups in total. The smallest absolute Gasteiger partial charge is 0.342 e. The Labute approximate surface area is 124 Å². The van der Waals surface area contributed by atoms with Crippen molar-refractivity contribution in [3.05, 3.63) is 35.9 Å². The first-order valence-electron chi connectivity index (χ1n) is 7.20. The van der Waals surface area contributed by atoms with Crippen molar-refractivity contribution in [2.24, 2.45) is 5.73 Å². The predicted molar refractivity (Wildman–Crippen MR) is 77.9 cm³/mol. The molecule has 1 heterocycles. The third-order valence-electron chi connectivity index (χ3n) is 3.58. The number of nitrogens with two attached hydrogens (primary N) is 1. The molecular formula is C15H21N3O3. The summed E-state index contributed by atoms with van der Waals surface area (Å²) in [5.41, 5.74) is 8.73. The van der Waals surface area contributed by atoms with Crippen LogP contribution >= 0.6 is 0 Å². The summed E-state index contributed by atoms with van der Waals surface area (Å²) in [5, 5.41) is 0. The van der Waals surface area contributed by atoms with Crippen LogP contribution in [0.3, 0.4) is 0 Å². The summed E-state index contributed by atoms with van der Waals surface area (Å²) in [6.07, 6.45) is 3.39. The topological polar surface area (TPSA) is 84.7 Å². The quantitative estimate of drug-likeness (QED) is 0.826. The number of amides is 3. The highest BCUT2D eigenvalue weighted by Crippen LogP contribution is 2.16.